The molecule has 12 nitrogen and oxygen atoms in total. The highest BCUT2D eigenvalue weighted by Gasteiger charge is 2.46. The Balaban J connectivity index is 1.65. The summed E-state index contributed by atoms with van der Waals surface area (Å²) in [4.78, 5) is 36.3. The van der Waals surface area contributed by atoms with Gasteiger partial charge in [-0.05, 0) is 25.8 Å². The van der Waals surface area contributed by atoms with E-state index in [0.29, 0.717) is 41.1 Å². The number of nitrogens with two attached hydrogens (primary N) is 1. The van der Waals surface area contributed by atoms with Gasteiger partial charge in [-0.3, -0.25) is 0 Å². The number of methoxy groups -OCH3 is 2. The van der Waals surface area contributed by atoms with E-state index in [1.807, 2.05) is 6.92 Å². The van der Waals surface area contributed by atoms with Crippen LogP contribution in [0.15, 0.2) is 18.5 Å². The van der Waals surface area contributed by atoms with Crippen molar-refractivity contribution in [2.45, 2.75) is 30.7 Å². The molecule has 5 N–H and O–H groups in total. The first kappa shape index (κ1) is 22.5. The number of nitrogens with zero attached hydrogens (tertiary/aromatic N) is 5. The van der Waals surface area contributed by atoms with Crippen LogP contribution < -0.4 is 21.1 Å². The quantitative estimate of drug-likeness (QED) is 0.356. The molecule has 0 bridgehead atoms. The second-order valence-electron chi connectivity index (χ2n) is 7.61. The zero-order valence-electron chi connectivity index (χ0n) is 18.3. The number of H-pyrrole nitrogens is 1. The number of alkyl halides is 1. The third-order valence-electron chi connectivity index (χ3n) is 5.05. The summed E-state index contributed by atoms with van der Waals surface area (Å²) in [6.07, 6.45) is 4.27. The van der Waals surface area contributed by atoms with Gasteiger partial charge in [0.2, 0.25) is 5.95 Å². The Morgan fingerprint density at radius 3 is 2.76 bits per heavy atom. The number of ether oxygens (including phenoxy) is 2. The highest BCUT2D eigenvalue weighted by molar-refractivity contribution is 6.25. The molecule has 0 unspecified atom stereocenters. The van der Waals surface area contributed by atoms with Crippen LogP contribution in [-0.2, 0) is 9.61 Å². The molecule has 4 rings (SSSR count). The number of aromatic nitrogens is 6. The fourth-order valence-electron chi connectivity index (χ4n) is 3.09. The fraction of sp³-hybridized carbons (Fsp3) is 0.400. The van der Waals surface area contributed by atoms with Gasteiger partial charge in [-0.15, -0.1) is 11.6 Å². The molecule has 0 aromatic carbocycles. The summed E-state index contributed by atoms with van der Waals surface area (Å²) in [5.74, 6) is 1.39. The third-order valence-corrected chi connectivity index (χ3v) is 5.60. The van der Waals surface area contributed by atoms with Crippen molar-refractivity contribution in [3.8, 4) is 28.7 Å². The van der Waals surface area contributed by atoms with Crippen LogP contribution in [-0.4, -0.2) is 62.8 Å². The molecule has 33 heavy (non-hydrogen) atoms. The van der Waals surface area contributed by atoms with Crippen LogP contribution in [0, 0.1) is 0 Å². The van der Waals surface area contributed by atoms with Crippen molar-refractivity contribution in [2.24, 2.45) is 0 Å². The number of aromatic amines is 1. The lowest BCUT2D eigenvalue weighted by molar-refractivity contribution is 0.168. The minimum absolute atomic E-state index is 0.178. The number of nitrogen functional groups attached to an aromatic ring is 1. The maximum absolute atomic E-state index is 11.4. The summed E-state index contributed by atoms with van der Waals surface area (Å²) in [6.45, 7) is 2.22. The normalized spacial score (nSPS) is 14.9. The molecular formula is C20H24ClN9O3. The highest BCUT2D eigenvalue weighted by atomic mass is 35.5. The molecule has 0 aliphatic heterocycles. The second kappa shape index (κ2) is 9.06. The van der Waals surface area contributed by atoms with Crippen LogP contribution in [0.3, 0.4) is 0 Å². The number of rotatable bonds is 8. The lowest BCUT2D eigenvalue weighted by Gasteiger charge is -2.14. The molecule has 174 valence electrons. The largest absolute Gasteiger partial charge is 0.478 e. The molecule has 1 amide bonds. The molecule has 1 aliphatic carbocycles. The lowest BCUT2D eigenvalue weighted by Crippen LogP contribution is -2.37. The van der Waals surface area contributed by atoms with Crippen LogP contribution >= 0.6 is 11.6 Å². The first-order chi connectivity index (χ1) is 15.8. The average molecular weight is 474 g/mol. The van der Waals surface area contributed by atoms with Gasteiger partial charge < -0.3 is 30.8 Å². The van der Waals surface area contributed by atoms with Gasteiger partial charge in [0.05, 0.1) is 31.8 Å². The van der Waals surface area contributed by atoms with Crippen molar-refractivity contribution in [3.05, 3.63) is 24.3 Å². The van der Waals surface area contributed by atoms with Gasteiger partial charge in [-0.2, -0.15) is 0 Å². The van der Waals surface area contributed by atoms with Crippen molar-refractivity contribution in [2.75, 3.05) is 31.8 Å². The summed E-state index contributed by atoms with van der Waals surface area (Å²) in [6, 6.07) is 1.54. The monoisotopic (exact) mass is 473 g/mol. The van der Waals surface area contributed by atoms with Crippen LogP contribution in [0.5, 0.6) is 5.88 Å². The summed E-state index contributed by atoms with van der Waals surface area (Å²) >= 11 is 6.62. The topological polar surface area (TPSA) is 166 Å². The highest BCUT2D eigenvalue weighted by Crippen LogP contribution is 2.51. The maximum atomic E-state index is 11.4. The Bertz CT molecular complexity index is 1170. The van der Waals surface area contributed by atoms with Gasteiger partial charge in [0.25, 0.3) is 5.88 Å². The van der Waals surface area contributed by atoms with Crippen molar-refractivity contribution < 1.29 is 14.3 Å². The molecule has 0 radical (unpaired) electrons. The standard InChI is InChI=1S/C20H24ClN9O3/c1-10(26-19(31)33-3)8-25-18-23-7-4-11(28-18)13-14(30-17(29-13)20(21)5-6-20)12-9-24-15(22)16(27-12)32-2/h4,7,9-10H,5-6,8H2,1-3H3,(H2,22,24)(H,26,31)(H,29,30)(H,23,25,28)/t10-/m0/s1. The van der Waals surface area contributed by atoms with Crippen molar-refractivity contribution >= 4 is 29.5 Å². The number of amides is 1. The molecule has 1 atom stereocenters. The van der Waals surface area contributed by atoms with E-state index in [9.17, 15) is 4.79 Å². The zero-order valence-corrected chi connectivity index (χ0v) is 19.1. The van der Waals surface area contributed by atoms with E-state index in [1.54, 1.807) is 12.3 Å². The van der Waals surface area contributed by atoms with Gasteiger partial charge >= 0.3 is 6.09 Å². The van der Waals surface area contributed by atoms with Gasteiger partial charge in [0.1, 0.15) is 22.1 Å². The molecule has 3 aromatic heterocycles. The Morgan fingerprint density at radius 1 is 1.27 bits per heavy atom. The first-order valence-corrected chi connectivity index (χ1v) is 10.6. The summed E-state index contributed by atoms with van der Waals surface area (Å²) < 4.78 is 9.82. The van der Waals surface area contributed by atoms with E-state index < -0.39 is 11.0 Å². The SMILES string of the molecule is COC(=O)N[C@@H](C)CNc1nccc(-c2[nH]c(C3(Cl)CC3)nc2-c2cnc(N)c(OC)n2)n1. The summed E-state index contributed by atoms with van der Waals surface area (Å²) in [7, 11) is 2.78. The fourth-order valence-corrected chi connectivity index (χ4v) is 3.27. The Hall–Kier alpha value is -3.67. The van der Waals surface area contributed by atoms with Gasteiger partial charge in [-0.1, -0.05) is 0 Å². The van der Waals surface area contributed by atoms with E-state index in [2.05, 4.69) is 40.3 Å². The predicted molar refractivity (Wildman–Crippen MR) is 122 cm³/mol. The second-order valence-corrected chi connectivity index (χ2v) is 8.33. The minimum atomic E-state index is -0.526. The Kier molecular flexibility index (Phi) is 6.18. The number of alkyl carbamates (subject to hydrolysis) is 1. The number of nitrogens with one attached hydrogen (secondary N) is 3. The molecule has 13 heteroatoms. The van der Waals surface area contributed by atoms with Crippen LogP contribution in [0.25, 0.3) is 22.8 Å². The van der Waals surface area contributed by atoms with Gasteiger partial charge in [0, 0.05) is 18.8 Å². The molecule has 3 heterocycles. The third kappa shape index (κ3) is 4.90. The molecule has 1 fully saturated rings. The number of hydrogen-bond acceptors (Lipinski definition) is 10. The minimum Gasteiger partial charge on any atom is -0.478 e. The number of hydrogen-bond donors (Lipinski definition) is 4. The smallest absolute Gasteiger partial charge is 0.407 e. The Labute approximate surface area is 194 Å². The molecular weight excluding hydrogens is 450 g/mol. The lowest BCUT2D eigenvalue weighted by atomic mass is 10.2. The van der Waals surface area contributed by atoms with E-state index in [0.717, 1.165) is 12.8 Å². The van der Waals surface area contributed by atoms with Crippen molar-refractivity contribution in [1.29, 1.82) is 0 Å². The zero-order chi connectivity index (χ0) is 23.6. The average Bonchev–Trinajstić information content (AvgIpc) is 3.40. The Morgan fingerprint density at radius 2 is 2.06 bits per heavy atom. The van der Waals surface area contributed by atoms with E-state index in [-0.39, 0.29) is 17.7 Å². The predicted octanol–water partition coefficient (Wildman–Crippen LogP) is 2.30. The molecule has 0 spiro atoms. The van der Waals surface area contributed by atoms with Gasteiger partial charge in [0.15, 0.2) is 5.82 Å². The maximum Gasteiger partial charge on any atom is 0.407 e. The number of halogens is 1. The van der Waals surface area contributed by atoms with E-state index in [1.165, 1.54) is 20.4 Å². The van der Waals surface area contributed by atoms with Crippen LogP contribution in [0.2, 0.25) is 0 Å². The van der Waals surface area contributed by atoms with Crippen LogP contribution in [0.4, 0.5) is 16.6 Å². The summed E-state index contributed by atoms with van der Waals surface area (Å²) in [5.41, 5.74) is 7.99. The van der Waals surface area contributed by atoms with Crippen LogP contribution in [0.1, 0.15) is 25.6 Å². The molecule has 1 saturated carbocycles. The first-order valence-electron chi connectivity index (χ1n) is 10.2. The number of anilines is 2. The van der Waals surface area contributed by atoms with Gasteiger partial charge in [-0.25, -0.2) is 29.7 Å². The van der Waals surface area contributed by atoms with E-state index in [4.69, 9.17) is 27.1 Å². The molecule has 0 saturated heterocycles. The number of carbonyl (C=O) groups excluding carboxylic acids is 1. The van der Waals surface area contributed by atoms with Crippen molar-refractivity contribution in [1.82, 2.24) is 35.2 Å². The summed E-state index contributed by atoms with van der Waals surface area (Å²) in [5, 5.41) is 5.77. The number of imidazole rings is 1. The van der Waals surface area contributed by atoms with Crippen molar-refractivity contribution in [3.63, 3.8) is 0 Å². The molecule has 1 aliphatic rings. The number of carbonyl (C=O) groups is 1. The molecule has 3 aromatic rings. The van der Waals surface area contributed by atoms with E-state index >= 15 is 0 Å².